The maximum Gasteiger partial charge on any atom is 0.152 e. The zero-order valence-electron chi connectivity index (χ0n) is 6.66. The molecule has 3 nitrogen and oxygen atoms in total. The summed E-state index contributed by atoms with van der Waals surface area (Å²) in [5, 5.41) is 0. The number of carbonyl (C=O) groups is 1. The van der Waals surface area contributed by atoms with Gasteiger partial charge in [0.2, 0.25) is 0 Å². The number of carbonyl (C=O) groups excluding carboxylic acids is 1. The van der Waals surface area contributed by atoms with Crippen LogP contribution in [0.5, 0.6) is 0 Å². The molecule has 1 aromatic heterocycles. The molecule has 0 saturated carbocycles. The summed E-state index contributed by atoms with van der Waals surface area (Å²) in [6, 6.07) is 3.83. The van der Waals surface area contributed by atoms with Gasteiger partial charge in [0.05, 0.1) is 17.4 Å². The van der Waals surface area contributed by atoms with Crippen LogP contribution in [0.25, 0.3) is 11.0 Å². The number of aldehydes is 1. The quantitative estimate of drug-likeness (QED) is 0.645. The molecule has 0 atom stereocenters. The number of rotatable bonds is 1. The minimum Gasteiger partial charge on any atom is -0.345 e. The molecule has 0 radical (unpaired) electrons. The van der Waals surface area contributed by atoms with Crippen molar-refractivity contribution in [3.63, 3.8) is 0 Å². The van der Waals surface area contributed by atoms with E-state index in [1.165, 1.54) is 0 Å². The fourth-order valence-corrected chi connectivity index (χ4v) is 1.28. The van der Waals surface area contributed by atoms with Gasteiger partial charge < -0.3 is 4.98 Å². The van der Waals surface area contributed by atoms with Crippen molar-refractivity contribution in [2.75, 3.05) is 0 Å². The number of H-pyrrole nitrogens is 1. The minimum atomic E-state index is 0.675. The summed E-state index contributed by atoms with van der Waals surface area (Å²) in [7, 11) is 0. The van der Waals surface area contributed by atoms with Gasteiger partial charge in [-0.05, 0) is 18.6 Å². The van der Waals surface area contributed by atoms with Crippen LogP contribution in [0.3, 0.4) is 0 Å². The molecule has 0 saturated heterocycles. The van der Waals surface area contributed by atoms with Crippen LogP contribution in [0.1, 0.15) is 15.9 Å². The summed E-state index contributed by atoms with van der Waals surface area (Å²) in [4.78, 5) is 17.7. The highest BCUT2D eigenvalue weighted by Gasteiger charge is 2.04. The molecule has 0 aliphatic rings. The highest BCUT2D eigenvalue weighted by molar-refractivity contribution is 5.95. The molecular weight excluding hydrogens is 152 g/mol. The van der Waals surface area contributed by atoms with Gasteiger partial charge in [-0.15, -0.1) is 0 Å². The van der Waals surface area contributed by atoms with Crippen LogP contribution >= 0.6 is 0 Å². The summed E-state index contributed by atoms with van der Waals surface area (Å²) in [6.45, 7) is 1.90. The van der Waals surface area contributed by atoms with E-state index in [0.29, 0.717) is 5.56 Å². The van der Waals surface area contributed by atoms with Crippen molar-refractivity contribution >= 4 is 17.3 Å². The normalized spacial score (nSPS) is 10.4. The van der Waals surface area contributed by atoms with Gasteiger partial charge in [-0.1, -0.05) is 6.07 Å². The van der Waals surface area contributed by atoms with Crippen molar-refractivity contribution < 1.29 is 4.79 Å². The summed E-state index contributed by atoms with van der Waals surface area (Å²) in [5.74, 6) is 0. The molecule has 0 amide bonds. The van der Waals surface area contributed by atoms with E-state index in [-0.39, 0.29) is 0 Å². The average molecular weight is 160 g/mol. The van der Waals surface area contributed by atoms with Crippen LogP contribution in [-0.4, -0.2) is 16.3 Å². The van der Waals surface area contributed by atoms with Crippen molar-refractivity contribution in [3.05, 3.63) is 29.6 Å². The maximum absolute atomic E-state index is 10.7. The standard InChI is InChI=1S/C9H8N2O/c1-6-2-3-8-9(7(6)4-12)11-5-10-8/h2-5H,1H3,(H,10,11). The van der Waals surface area contributed by atoms with Crippen molar-refractivity contribution in [1.82, 2.24) is 9.97 Å². The topological polar surface area (TPSA) is 45.8 Å². The zero-order valence-corrected chi connectivity index (χ0v) is 6.66. The van der Waals surface area contributed by atoms with E-state index in [4.69, 9.17) is 0 Å². The highest BCUT2D eigenvalue weighted by atomic mass is 16.1. The first-order valence-electron chi connectivity index (χ1n) is 3.71. The third kappa shape index (κ3) is 0.830. The van der Waals surface area contributed by atoms with Gasteiger partial charge in [-0.2, -0.15) is 0 Å². The Balaban J connectivity index is 2.91. The maximum atomic E-state index is 10.7. The van der Waals surface area contributed by atoms with Gasteiger partial charge in [-0.25, -0.2) is 4.98 Å². The molecule has 1 N–H and O–H groups in total. The van der Waals surface area contributed by atoms with Gasteiger partial charge in [0.15, 0.2) is 6.29 Å². The van der Waals surface area contributed by atoms with E-state index in [2.05, 4.69) is 9.97 Å². The second kappa shape index (κ2) is 2.44. The molecule has 2 rings (SSSR count). The third-order valence-electron chi connectivity index (χ3n) is 1.97. The van der Waals surface area contributed by atoms with Crippen LogP contribution in [0.4, 0.5) is 0 Å². The van der Waals surface area contributed by atoms with Gasteiger partial charge >= 0.3 is 0 Å². The second-order valence-corrected chi connectivity index (χ2v) is 2.71. The second-order valence-electron chi connectivity index (χ2n) is 2.71. The van der Waals surface area contributed by atoms with Crippen LogP contribution in [0.15, 0.2) is 18.5 Å². The van der Waals surface area contributed by atoms with Crippen LogP contribution < -0.4 is 0 Å². The molecule has 1 aromatic carbocycles. The predicted molar refractivity (Wildman–Crippen MR) is 46.2 cm³/mol. The lowest BCUT2D eigenvalue weighted by Crippen LogP contribution is -1.87. The Kier molecular flexibility index (Phi) is 1.43. The predicted octanol–water partition coefficient (Wildman–Crippen LogP) is 1.68. The van der Waals surface area contributed by atoms with E-state index in [9.17, 15) is 4.79 Å². The number of imidazole rings is 1. The largest absolute Gasteiger partial charge is 0.345 e. The Labute approximate surface area is 69.4 Å². The molecule has 0 fully saturated rings. The Morgan fingerprint density at radius 2 is 2.33 bits per heavy atom. The van der Waals surface area contributed by atoms with E-state index >= 15 is 0 Å². The first-order valence-corrected chi connectivity index (χ1v) is 3.71. The van der Waals surface area contributed by atoms with Crippen LogP contribution in [0.2, 0.25) is 0 Å². The Morgan fingerprint density at radius 1 is 1.50 bits per heavy atom. The lowest BCUT2D eigenvalue weighted by Gasteiger charge is -1.97. The summed E-state index contributed by atoms with van der Waals surface area (Å²) in [5.41, 5.74) is 3.30. The number of benzene rings is 1. The molecule has 1 heterocycles. The molecule has 0 aliphatic heterocycles. The fourth-order valence-electron chi connectivity index (χ4n) is 1.28. The number of hydrogen-bond acceptors (Lipinski definition) is 2. The fraction of sp³-hybridized carbons (Fsp3) is 0.111. The Bertz CT molecular complexity index is 431. The van der Waals surface area contributed by atoms with E-state index in [0.717, 1.165) is 22.9 Å². The Morgan fingerprint density at radius 3 is 3.08 bits per heavy atom. The molecule has 60 valence electrons. The summed E-state index contributed by atoms with van der Waals surface area (Å²) >= 11 is 0. The minimum absolute atomic E-state index is 0.675. The van der Waals surface area contributed by atoms with Crippen molar-refractivity contribution in [2.24, 2.45) is 0 Å². The number of nitrogens with zero attached hydrogens (tertiary/aromatic N) is 1. The van der Waals surface area contributed by atoms with Crippen molar-refractivity contribution in [3.8, 4) is 0 Å². The third-order valence-corrected chi connectivity index (χ3v) is 1.97. The Hall–Kier alpha value is -1.64. The van der Waals surface area contributed by atoms with Crippen LogP contribution in [0, 0.1) is 6.92 Å². The molecular formula is C9H8N2O. The highest BCUT2D eigenvalue weighted by Crippen LogP contribution is 2.16. The monoisotopic (exact) mass is 160 g/mol. The molecule has 0 spiro atoms. The van der Waals surface area contributed by atoms with E-state index < -0.39 is 0 Å². The first-order chi connectivity index (χ1) is 5.83. The average Bonchev–Trinajstić information content (AvgIpc) is 2.52. The SMILES string of the molecule is Cc1ccc2[nH]cnc2c1C=O. The number of aromatic nitrogens is 2. The van der Waals surface area contributed by atoms with E-state index in [1.54, 1.807) is 6.33 Å². The molecule has 12 heavy (non-hydrogen) atoms. The first kappa shape index (κ1) is 7.03. The molecule has 3 heteroatoms. The van der Waals surface area contributed by atoms with Gasteiger partial charge in [0.25, 0.3) is 0 Å². The lowest BCUT2D eigenvalue weighted by atomic mass is 10.1. The number of fused-ring (bicyclic) bond motifs is 1. The van der Waals surface area contributed by atoms with Crippen molar-refractivity contribution in [1.29, 1.82) is 0 Å². The van der Waals surface area contributed by atoms with Crippen molar-refractivity contribution in [2.45, 2.75) is 6.92 Å². The summed E-state index contributed by atoms with van der Waals surface area (Å²) in [6.07, 6.45) is 2.44. The van der Waals surface area contributed by atoms with Crippen LogP contribution in [-0.2, 0) is 0 Å². The number of aryl methyl sites for hydroxylation is 1. The molecule has 2 aromatic rings. The molecule has 0 unspecified atom stereocenters. The number of aromatic amines is 1. The smallest absolute Gasteiger partial charge is 0.152 e. The lowest BCUT2D eigenvalue weighted by molar-refractivity contribution is 0.112. The van der Waals surface area contributed by atoms with Gasteiger partial charge in [0, 0.05) is 5.56 Å². The number of nitrogens with one attached hydrogen (secondary N) is 1. The number of hydrogen-bond donors (Lipinski definition) is 1. The molecule has 0 bridgehead atoms. The molecule has 0 aliphatic carbocycles. The summed E-state index contributed by atoms with van der Waals surface area (Å²) < 4.78 is 0. The zero-order chi connectivity index (χ0) is 8.55. The van der Waals surface area contributed by atoms with E-state index in [1.807, 2.05) is 19.1 Å². The van der Waals surface area contributed by atoms with Gasteiger partial charge in [-0.3, -0.25) is 4.79 Å². The van der Waals surface area contributed by atoms with Gasteiger partial charge in [0.1, 0.15) is 0 Å².